The van der Waals surface area contributed by atoms with Crippen LogP contribution in [0.5, 0.6) is 0 Å². The van der Waals surface area contributed by atoms with E-state index in [2.05, 4.69) is 21.6 Å². The molecule has 25 heavy (non-hydrogen) atoms. The summed E-state index contributed by atoms with van der Waals surface area (Å²) < 4.78 is 0.664. The van der Waals surface area contributed by atoms with Crippen LogP contribution < -0.4 is 10.2 Å². The Bertz CT molecular complexity index is 689. The minimum atomic E-state index is -0.694. The average molecular weight is 380 g/mol. The van der Waals surface area contributed by atoms with Gasteiger partial charge in [0.1, 0.15) is 5.54 Å². The van der Waals surface area contributed by atoms with Gasteiger partial charge in [0.05, 0.1) is 11.8 Å². The molecule has 2 fully saturated rings. The van der Waals surface area contributed by atoms with Crippen molar-refractivity contribution in [2.45, 2.75) is 67.8 Å². The van der Waals surface area contributed by atoms with Crippen LogP contribution in [0.25, 0.3) is 0 Å². The summed E-state index contributed by atoms with van der Waals surface area (Å²) in [5.41, 5.74) is -0.694. The molecule has 134 valence electrons. The fourth-order valence-electron chi connectivity index (χ4n) is 3.00. The van der Waals surface area contributed by atoms with Crippen LogP contribution in [-0.4, -0.2) is 39.3 Å². The molecule has 0 spiro atoms. The lowest BCUT2D eigenvalue weighted by Gasteiger charge is -2.21. The van der Waals surface area contributed by atoms with Gasteiger partial charge in [0.15, 0.2) is 4.34 Å². The Labute approximate surface area is 155 Å². The Morgan fingerprint density at radius 1 is 1.40 bits per heavy atom. The molecule has 0 saturated heterocycles. The van der Waals surface area contributed by atoms with E-state index in [1.807, 2.05) is 6.92 Å². The second kappa shape index (κ2) is 7.70. The van der Waals surface area contributed by atoms with Gasteiger partial charge in [0.25, 0.3) is 0 Å². The summed E-state index contributed by atoms with van der Waals surface area (Å²) in [6.07, 6.45) is 5.85. The molecule has 0 aromatic carbocycles. The Kier molecular flexibility index (Phi) is 5.59. The zero-order chi connectivity index (χ0) is 17.9. The molecule has 0 bridgehead atoms. The van der Waals surface area contributed by atoms with Gasteiger partial charge < -0.3 is 5.32 Å². The monoisotopic (exact) mass is 379 g/mol. The van der Waals surface area contributed by atoms with Crippen LogP contribution in [0.3, 0.4) is 0 Å². The van der Waals surface area contributed by atoms with Gasteiger partial charge in [-0.3, -0.25) is 14.5 Å². The van der Waals surface area contributed by atoms with Gasteiger partial charge in [0.2, 0.25) is 16.9 Å². The van der Waals surface area contributed by atoms with Gasteiger partial charge in [-0.2, -0.15) is 5.26 Å². The molecule has 3 rings (SSSR count). The van der Waals surface area contributed by atoms with Gasteiger partial charge in [-0.25, -0.2) is 0 Å². The van der Waals surface area contributed by atoms with E-state index in [4.69, 9.17) is 0 Å². The van der Waals surface area contributed by atoms with Crippen molar-refractivity contribution in [3.63, 3.8) is 0 Å². The zero-order valence-electron chi connectivity index (χ0n) is 14.2. The zero-order valence-corrected chi connectivity index (χ0v) is 15.8. The van der Waals surface area contributed by atoms with Crippen molar-refractivity contribution in [2.24, 2.45) is 0 Å². The topological polar surface area (TPSA) is 99.0 Å². The lowest BCUT2D eigenvalue weighted by Crippen LogP contribution is -2.45. The number of nitrogens with one attached hydrogen (secondary N) is 1. The Hall–Kier alpha value is -1.66. The number of amides is 2. The van der Waals surface area contributed by atoms with Gasteiger partial charge in [-0.1, -0.05) is 30.0 Å². The molecule has 2 amide bonds. The number of aromatic nitrogens is 2. The maximum atomic E-state index is 12.2. The lowest BCUT2D eigenvalue weighted by atomic mass is 10.0. The van der Waals surface area contributed by atoms with Crippen molar-refractivity contribution in [3.8, 4) is 6.07 Å². The molecule has 1 N–H and O–H groups in total. The molecule has 7 nitrogen and oxygen atoms in total. The molecule has 2 aliphatic rings. The average Bonchev–Trinajstić information content (AvgIpc) is 3.15. The van der Waals surface area contributed by atoms with Crippen LogP contribution >= 0.6 is 23.1 Å². The predicted octanol–water partition coefficient (Wildman–Crippen LogP) is 2.49. The molecule has 1 heterocycles. The first-order valence-electron chi connectivity index (χ1n) is 8.57. The molecule has 2 saturated carbocycles. The Morgan fingerprint density at radius 2 is 2.12 bits per heavy atom. The van der Waals surface area contributed by atoms with E-state index in [1.54, 1.807) is 4.90 Å². The highest BCUT2D eigenvalue weighted by Gasteiger charge is 2.36. The number of hydrogen-bond acceptors (Lipinski definition) is 7. The molecule has 1 aromatic rings. The fourth-order valence-corrected chi connectivity index (χ4v) is 4.73. The standard InChI is InChI=1S/C16H21N5O2S2/c1-2-13(23)21(11-5-6-11)14-19-20-15(25-14)24-9-12(22)18-16(10-17)7-3-4-8-16/h11H,2-9H2,1H3,(H,18,22). The minimum Gasteiger partial charge on any atom is -0.337 e. The maximum Gasteiger partial charge on any atom is 0.231 e. The van der Waals surface area contributed by atoms with Crippen molar-refractivity contribution in [1.29, 1.82) is 5.26 Å². The van der Waals surface area contributed by atoms with Crippen LogP contribution in [0.1, 0.15) is 51.9 Å². The fraction of sp³-hybridized carbons (Fsp3) is 0.688. The molecule has 1 aromatic heterocycles. The summed E-state index contributed by atoms with van der Waals surface area (Å²) in [6, 6.07) is 2.50. The Balaban J connectivity index is 1.55. The Morgan fingerprint density at radius 3 is 2.72 bits per heavy atom. The summed E-state index contributed by atoms with van der Waals surface area (Å²) in [5, 5.41) is 21.0. The number of carbonyl (C=O) groups excluding carboxylic acids is 2. The summed E-state index contributed by atoms with van der Waals surface area (Å²) in [6.45, 7) is 1.84. The van der Waals surface area contributed by atoms with Gasteiger partial charge >= 0.3 is 0 Å². The first-order valence-corrected chi connectivity index (χ1v) is 10.4. The van der Waals surface area contributed by atoms with Crippen LogP contribution in [0, 0.1) is 11.3 Å². The van der Waals surface area contributed by atoms with Crippen LogP contribution in [0.2, 0.25) is 0 Å². The number of anilines is 1. The molecular formula is C16H21N5O2S2. The first-order chi connectivity index (χ1) is 12.1. The largest absolute Gasteiger partial charge is 0.337 e. The molecule has 0 radical (unpaired) electrons. The molecular weight excluding hydrogens is 358 g/mol. The number of nitriles is 1. The highest BCUT2D eigenvalue weighted by molar-refractivity contribution is 8.01. The molecule has 0 aliphatic heterocycles. The van der Waals surface area contributed by atoms with E-state index in [0.29, 0.717) is 15.9 Å². The normalized spacial score (nSPS) is 18.6. The number of nitrogens with zero attached hydrogens (tertiary/aromatic N) is 4. The van der Waals surface area contributed by atoms with Crippen LogP contribution in [0.4, 0.5) is 5.13 Å². The summed E-state index contributed by atoms with van der Waals surface area (Å²) in [7, 11) is 0. The van der Waals surface area contributed by atoms with E-state index in [9.17, 15) is 14.9 Å². The van der Waals surface area contributed by atoms with E-state index >= 15 is 0 Å². The molecule has 0 atom stereocenters. The highest BCUT2D eigenvalue weighted by Crippen LogP contribution is 2.36. The third-order valence-corrected chi connectivity index (χ3v) is 6.52. The van der Waals surface area contributed by atoms with Crippen molar-refractivity contribution < 1.29 is 9.59 Å². The summed E-state index contributed by atoms with van der Waals surface area (Å²) in [4.78, 5) is 26.0. The summed E-state index contributed by atoms with van der Waals surface area (Å²) in [5.74, 6) is 0.0995. The van der Waals surface area contributed by atoms with E-state index in [-0.39, 0.29) is 23.6 Å². The van der Waals surface area contributed by atoms with Crippen molar-refractivity contribution >= 4 is 40.0 Å². The maximum absolute atomic E-state index is 12.2. The highest BCUT2D eigenvalue weighted by atomic mass is 32.2. The van der Waals surface area contributed by atoms with Gasteiger partial charge in [-0.05, 0) is 38.5 Å². The second-order valence-electron chi connectivity index (χ2n) is 6.44. The smallest absolute Gasteiger partial charge is 0.231 e. The van der Waals surface area contributed by atoms with Crippen molar-refractivity contribution in [3.05, 3.63) is 0 Å². The SMILES string of the molecule is CCC(=O)N(c1nnc(SCC(=O)NC2(C#N)CCCC2)s1)C1CC1. The number of rotatable bonds is 7. The van der Waals surface area contributed by atoms with Crippen LogP contribution in [-0.2, 0) is 9.59 Å². The van der Waals surface area contributed by atoms with Crippen molar-refractivity contribution in [2.75, 3.05) is 10.7 Å². The van der Waals surface area contributed by atoms with E-state index in [1.165, 1.54) is 23.1 Å². The van der Waals surface area contributed by atoms with Crippen LogP contribution in [0.15, 0.2) is 4.34 Å². The molecule has 0 unspecified atom stereocenters. The first kappa shape index (κ1) is 18.1. The minimum absolute atomic E-state index is 0.0603. The third-order valence-electron chi connectivity index (χ3n) is 4.46. The number of carbonyl (C=O) groups is 2. The van der Waals surface area contributed by atoms with Gasteiger partial charge in [-0.15, -0.1) is 10.2 Å². The third kappa shape index (κ3) is 4.30. The number of hydrogen-bond donors (Lipinski definition) is 1. The number of thioether (sulfide) groups is 1. The molecule has 2 aliphatic carbocycles. The lowest BCUT2D eigenvalue weighted by molar-refractivity contribution is -0.120. The van der Waals surface area contributed by atoms with E-state index in [0.717, 1.165) is 38.5 Å². The quantitative estimate of drug-likeness (QED) is 0.577. The second-order valence-corrected chi connectivity index (χ2v) is 8.62. The van der Waals surface area contributed by atoms with Crippen molar-refractivity contribution in [1.82, 2.24) is 15.5 Å². The molecule has 9 heteroatoms. The van der Waals surface area contributed by atoms with Gasteiger partial charge in [0, 0.05) is 12.5 Å². The van der Waals surface area contributed by atoms with E-state index < -0.39 is 5.54 Å². The predicted molar refractivity (Wildman–Crippen MR) is 96.4 cm³/mol. The summed E-state index contributed by atoms with van der Waals surface area (Å²) >= 11 is 2.64.